The van der Waals surface area contributed by atoms with Crippen molar-refractivity contribution in [2.24, 2.45) is 22.6 Å². The summed E-state index contributed by atoms with van der Waals surface area (Å²) < 4.78 is 0. The van der Waals surface area contributed by atoms with Crippen molar-refractivity contribution in [2.75, 3.05) is 6.54 Å². The molecule has 4 nitrogen and oxygen atoms in total. The third kappa shape index (κ3) is 2.84. The molecule has 0 saturated heterocycles. The summed E-state index contributed by atoms with van der Waals surface area (Å²) in [5.41, 5.74) is 7.60. The number of hydrogen-bond acceptors (Lipinski definition) is 3. The summed E-state index contributed by atoms with van der Waals surface area (Å²) in [6.45, 7) is 0.337. The van der Waals surface area contributed by atoms with Crippen LogP contribution in [0.5, 0.6) is 0 Å². The summed E-state index contributed by atoms with van der Waals surface area (Å²) >= 11 is 0. The first-order valence-electron chi connectivity index (χ1n) is 5.94. The Morgan fingerprint density at radius 3 is 2.94 bits per heavy atom. The number of fused-ring (bicyclic) bond motifs is 1. The molecule has 1 aromatic carbocycles. The second-order valence-corrected chi connectivity index (χ2v) is 4.37. The molecule has 3 N–H and O–H groups in total. The molecule has 1 aliphatic heterocycles. The van der Waals surface area contributed by atoms with Crippen LogP contribution in [0.25, 0.3) is 6.08 Å². The lowest BCUT2D eigenvalue weighted by Crippen LogP contribution is -2.25. The van der Waals surface area contributed by atoms with Crippen LogP contribution < -0.4 is 5.73 Å². The maximum Gasteiger partial charge on any atom is 0.303 e. The van der Waals surface area contributed by atoms with E-state index in [4.69, 9.17) is 10.8 Å². The van der Waals surface area contributed by atoms with Gasteiger partial charge in [0.1, 0.15) is 0 Å². The molecule has 0 saturated carbocycles. The topological polar surface area (TPSA) is 75.7 Å². The van der Waals surface area contributed by atoms with Crippen LogP contribution in [0.3, 0.4) is 0 Å². The largest absolute Gasteiger partial charge is 0.481 e. The zero-order valence-electron chi connectivity index (χ0n) is 9.99. The molecule has 94 valence electrons. The van der Waals surface area contributed by atoms with E-state index in [-0.39, 0.29) is 18.3 Å². The van der Waals surface area contributed by atoms with Gasteiger partial charge < -0.3 is 10.8 Å². The third-order valence-electron chi connectivity index (χ3n) is 3.10. The van der Waals surface area contributed by atoms with E-state index in [0.29, 0.717) is 6.54 Å². The fraction of sp³-hybridized carbons (Fsp3) is 0.286. The second-order valence-electron chi connectivity index (χ2n) is 4.37. The molecular weight excluding hydrogens is 228 g/mol. The molecule has 2 rings (SSSR count). The van der Waals surface area contributed by atoms with Gasteiger partial charge in [-0.2, -0.15) is 0 Å². The maximum absolute atomic E-state index is 10.8. The van der Waals surface area contributed by atoms with Gasteiger partial charge in [-0.15, -0.1) is 0 Å². The van der Waals surface area contributed by atoms with Crippen LogP contribution >= 0.6 is 0 Å². The van der Waals surface area contributed by atoms with Crippen molar-refractivity contribution in [1.29, 1.82) is 0 Å². The average molecular weight is 244 g/mol. The molecule has 0 radical (unpaired) electrons. The van der Waals surface area contributed by atoms with E-state index in [9.17, 15) is 4.79 Å². The van der Waals surface area contributed by atoms with Gasteiger partial charge in [-0.25, -0.2) is 0 Å². The minimum atomic E-state index is -0.825. The first-order valence-corrected chi connectivity index (χ1v) is 5.94. The summed E-state index contributed by atoms with van der Waals surface area (Å²) in [6.07, 6.45) is 5.82. The number of carboxylic acids is 1. The lowest BCUT2D eigenvalue weighted by molar-refractivity contribution is -0.138. The van der Waals surface area contributed by atoms with Gasteiger partial charge in [0.25, 0.3) is 0 Å². The number of hydrogen-bond donors (Lipinski definition) is 2. The van der Waals surface area contributed by atoms with E-state index < -0.39 is 5.97 Å². The van der Waals surface area contributed by atoms with Crippen LogP contribution in [-0.4, -0.2) is 23.8 Å². The molecule has 0 aromatic heterocycles. The van der Waals surface area contributed by atoms with Crippen LogP contribution in [0, 0.1) is 11.8 Å². The Labute approximate surface area is 106 Å². The first-order chi connectivity index (χ1) is 8.70. The molecule has 1 aromatic rings. The zero-order valence-corrected chi connectivity index (χ0v) is 9.99. The van der Waals surface area contributed by atoms with Crippen molar-refractivity contribution in [3.05, 3.63) is 35.9 Å². The quantitative estimate of drug-likeness (QED) is 0.851. The SMILES string of the molecule is NCC(CC(=O)O)C1C=Cc2ccccc2N=C1. The van der Waals surface area contributed by atoms with Crippen molar-refractivity contribution >= 4 is 23.9 Å². The summed E-state index contributed by atoms with van der Waals surface area (Å²) in [7, 11) is 0. The Kier molecular flexibility index (Phi) is 3.89. The molecule has 0 aliphatic carbocycles. The Hall–Kier alpha value is -1.94. The van der Waals surface area contributed by atoms with Crippen molar-refractivity contribution in [3.8, 4) is 0 Å². The highest BCUT2D eigenvalue weighted by Crippen LogP contribution is 2.26. The lowest BCUT2D eigenvalue weighted by Gasteiger charge is -2.17. The van der Waals surface area contributed by atoms with Gasteiger partial charge in [-0.1, -0.05) is 30.4 Å². The number of aliphatic imine (C=N–C) groups is 1. The van der Waals surface area contributed by atoms with Crippen molar-refractivity contribution in [1.82, 2.24) is 0 Å². The number of nitrogens with two attached hydrogens (primary N) is 1. The minimum Gasteiger partial charge on any atom is -0.481 e. The Balaban J connectivity index is 2.21. The van der Waals surface area contributed by atoms with Crippen LogP contribution in [0.4, 0.5) is 5.69 Å². The van der Waals surface area contributed by atoms with Gasteiger partial charge in [-0.3, -0.25) is 9.79 Å². The van der Waals surface area contributed by atoms with Gasteiger partial charge in [0.15, 0.2) is 0 Å². The number of aliphatic carboxylic acids is 1. The van der Waals surface area contributed by atoms with Crippen molar-refractivity contribution in [2.45, 2.75) is 6.42 Å². The van der Waals surface area contributed by atoms with Gasteiger partial charge in [0, 0.05) is 12.1 Å². The predicted octanol–water partition coefficient (Wildman–Crippen LogP) is 2.08. The van der Waals surface area contributed by atoms with Crippen LogP contribution in [-0.2, 0) is 4.79 Å². The van der Waals surface area contributed by atoms with Gasteiger partial charge in [-0.05, 0) is 24.1 Å². The number of carboxylic acid groups (broad SMARTS) is 1. The Morgan fingerprint density at radius 2 is 2.22 bits per heavy atom. The van der Waals surface area contributed by atoms with Gasteiger partial charge in [0.2, 0.25) is 0 Å². The molecule has 1 heterocycles. The first kappa shape index (κ1) is 12.5. The van der Waals surface area contributed by atoms with Crippen molar-refractivity contribution in [3.63, 3.8) is 0 Å². The van der Waals surface area contributed by atoms with Crippen LogP contribution in [0.2, 0.25) is 0 Å². The molecule has 0 bridgehead atoms. The highest BCUT2D eigenvalue weighted by molar-refractivity contribution is 5.78. The molecular formula is C14H16N2O2. The summed E-state index contributed by atoms with van der Waals surface area (Å²) in [4.78, 5) is 15.2. The fourth-order valence-electron chi connectivity index (χ4n) is 2.06. The Morgan fingerprint density at radius 1 is 1.44 bits per heavy atom. The Bertz CT molecular complexity index is 461. The summed E-state index contributed by atoms with van der Waals surface area (Å²) in [5.74, 6) is -0.968. The second kappa shape index (κ2) is 5.60. The molecule has 2 atom stereocenters. The number of benzene rings is 1. The molecule has 18 heavy (non-hydrogen) atoms. The number of rotatable bonds is 4. The van der Waals surface area contributed by atoms with Crippen molar-refractivity contribution < 1.29 is 9.90 Å². The summed E-state index contributed by atoms with van der Waals surface area (Å²) in [5, 5.41) is 8.87. The summed E-state index contributed by atoms with van der Waals surface area (Å²) in [6, 6.07) is 7.81. The molecule has 4 heteroatoms. The van der Waals surface area contributed by atoms with E-state index in [1.165, 1.54) is 0 Å². The molecule has 0 fully saturated rings. The monoisotopic (exact) mass is 244 g/mol. The zero-order chi connectivity index (χ0) is 13.0. The molecule has 0 spiro atoms. The maximum atomic E-state index is 10.8. The molecule has 0 amide bonds. The highest BCUT2D eigenvalue weighted by atomic mass is 16.4. The van der Waals surface area contributed by atoms with E-state index in [0.717, 1.165) is 11.3 Å². The van der Waals surface area contributed by atoms with E-state index >= 15 is 0 Å². The standard InChI is InChI=1S/C14H16N2O2/c15-8-12(7-14(17)18)11-6-5-10-3-1-2-4-13(10)16-9-11/h1-6,9,11-12H,7-8,15H2,(H,17,18). The molecule has 1 aliphatic rings. The van der Waals surface area contributed by atoms with Crippen LogP contribution in [0.15, 0.2) is 35.3 Å². The predicted molar refractivity (Wildman–Crippen MR) is 71.9 cm³/mol. The average Bonchev–Trinajstić information content (AvgIpc) is 2.58. The van der Waals surface area contributed by atoms with E-state index in [2.05, 4.69) is 4.99 Å². The molecule has 2 unspecified atom stereocenters. The van der Waals surface area contributed by atoms with Crippen LogP contribution in [0.1, 0.15) is 12.0 Å². The minimum absolute atomic E-state index is 0.0292. The smallest absolute Gasteiger partial charge is 0.303 e. The number of allylic oxidation sites excluding steroid dienone is 1. The van der Waals surface area contributed by atoms with Gasteiger partial charge in [0.05, 0.1) is 12.1 Å². The number of carbonyl (C=O) groups is 1. The lowest BCUT2D eigenvalue weighted by atomic mass is 9.90. The fourth-order valence-corrected chi connectivity index (χ4v) is 2.06. The van der Waals surface area contributed by atoms with E-state index in [1.54, 1.807) is 6.21 Å². The number of para-hydroxylation sites is 1. The van der Waals surface area contributed by atoms with E-state index in [1.807, 2.05) is 36.4 Å². The normalized spacial score (nSPS) is 19.1. The number of nitrogens with zero attached hydrogens (tertiary/aromatic N) is 1. The van der Waals surface area contributed by atoms with Gasteiger partial charge >= 0.3 is 5.97 Å². The highest BCUT2D eigenvalue weighted by Gasteiger charge is 2.20. The third-order valence-corrected chi connectivity index (χ3v) is 3.10.